The van der Waals surface area contributed by atoms with Crippen molar-refractivity contribution in [2.75, 3.05) is 13.7 Å². The maximum Gasteiger partial charge on any atom is 0.411 e. The summed E-state index contributed by atoms with van der Waals surface area (Å²) in [6, 6.07) is 9.71. The fourth-order valence-corrected chi connectivity index (χ4v) is 4.79. The summed E-state index contributed by atoms with van der Waals surface area (Å²) < 4.78 is 22.0. The molecule has 0 saturated heterocycles. The van der Waals surface area contributed by atoms with Crippen LogP contribution >= 0.6 is 23.2 Å². The number of hydrogen-bond acceptors (Lipinski definition) is 7. The topological polar surface area (TPSA) is 91.1 Å². The van der Waals surface area contributed by atoms with Crippen molar-refractivity contribution in [2.45, 2.75) is 52.4 Å². The number of halogens is 2. The van der Waals surface area contributed by atoms with Gasteiger partial charge in [-0.15, -0.1) is 0 Å². The van der Waals surface area contributed by atoms with Gasteiger partial charge in [-0.05, 0) is 69.5 Å². The summed E-state index contributed by atoms with van der Waals surface area (Å²) in [5.41, 5.74) is 2.67. The van der Waals surface area contributed by atoms with Crippen LogP contribution in [-0.2, 0) is 27.3 Å². The number of amides is 1. The summed E-state index contributed by atoms with van der Waals surface area (Å²) >= 11 is 12.8. The summed E-state index contributed by atoms with van der Waals surface area (Å²) in [6.45, 7) is 7.59. The molecule has 37 heavy (non-hydrogen) atoms. The summed E-state index contributed by atoms with van der Waals surface area (Å²) in [6.07, 6.45) is -0.0472. The molecule has 10 heteroatoms. The molecule has 0 bridgehead atoms. The zero-order chi connectivity index (χ0) is 26.9. The molecule has 8 nitrogen and oxygen atoms in total. The Balaban J connectivity index is 1.58. The molecule has 1 amide bonds. The number of ether oxygens (including phenoxy) is 3. The van der Waals surface area contributed by atoms with Crippen LogP contribution < -0.4 is 4.74 Å². The Morgan fingerprint density at radius 2 is 1.86 bits per heavy atom. The van der Waals surface area contributed by atoms with Crippen LogP contribution in [0.4, 0.5) is 4.79 Å². The van der Waals surface area contributed by atoms with E-state index in [1.165, 1.54) is 12.0 Å². The van der Waals surface area contributed by atoms with Gasteiger partial charge in [0.1, 0.15) is 29.4 Å². The first kappa shape index (κ1) is 26.8. The van der Waals surface area contributed by atoms with Crippen LogP contribution in [0, 0.1) is 6.92 Å². The molecule has 0 aliphatic carbocycles. The van der Waals surface area contributed by atoms with Crippen molar-refractivity contribution in [1.29, 1.82) is 0 Å². The second-order valence-corrected chi connectivity index (χ2v) is 10.5. The lowest BCUT2D eigenvalue weighted by Gasteiger charge is -2.36. The maximum atomic E-state index is 12.8. The normalized spacial score (nSPS) is 15.2. The van der Waals surface area contributed by atoms with Crippen LogP contribution in [0.5, 0.6) is 5.75 Å². The van der Waals surface area contributed by atoms with E-state index >= 15 is 0 Å². The number of carbonyl (C=O) groups is 2. The molecule has 0 unspecified atom stereocenters. The predicted molar refractivity (Wildman–Crippen MR) is 139 cm³/mol. The Hall–Kier alpha value is -3.23. The van der Waals surface area contributed by atoms with E-state index in [-0.39, 0.29) is 6.61 Å². The third-order valence-corrected chi connectivity index (χ3v) is 6.59. The van der Waals surface area contributed by atoms with Crippen LogP contribution in [0.1, 0.15) is 49.3 Å². The number of methoxy groups -OCH3 is 1. The molecule has 0 spiro atoms. The van der Waals surface area contributed by atoms with Gasteiger partial charge in [0.15, 0.2) is 6.04 Å². The first-order chi connectivity index (χ1) is 17.5. The van der Waals surface area contributed by atoms with Gasteiger partial charge in [0.05, 0.1) is 22.7 Å². The molecule has 196 valence electrons. The second-order valence-electron chi connectivity index (χ2n) is 9.66. The highest BCUT2D eigenvalue weighted by Crippen LogP contribution is 2.38. The molecule has 0 N–H and O–H groups in total. The minimum atomic E-state index is -0.910. The van der Waals surface area contributed by atoms with Crippen molar-refractivity contribution in [2.24, 2.45) is 0 Å². The van der Waals surface area contributed by atoms with Gasteiger partial charge in [-0.3, -0.25) is 4.90 Å². The first-order valence-corrected chi connectivity index (χ1v) is 12.5. The van der Waals surface area contributed by atoms with Crippen molar-refractivity contribution in [3.63, 3.8) is 0 Å². The van der Waals surface area contributed by atoms with E-state index in [0.717, 1.165) is 11.1 Å². The van der Waals surface area contributed by atoms with Crippen LogP contribution in [0.2, 0.25) is 10.0 Å². The van der Waals surface area contributed by atoms with E-state index in [1.807, 2.05) is 6.07 Å². The minimum absolute atomic E-state index is 0.162. The Labute approximate surface area is 225 Å². The fraction of sp³-hybridized carbons (Fsp3) is 0.370. The highest BCUT2D eigenvalue weighted by atomic mass is 35.5. The smallest absolute Gasteiger partial charge is 0.411 e. The van der Waals surface area contributed by atoms with Gasteiger partial charge in [0.25, 0.3) is 0 Å². The lowest BCUT2D eigenvalue weighted by Crippen LogP contribution is -2.46. The van der Waals surface area contributed by atoms with Crippen molar-refractivity contribution in [3.05, 3.63) is 68.9 Å². The molecule has 1 aliphatic rings. The zero-order valence-electron chi connectivity index (χ0n) is 21.3. The highest BCUT2D eigenvalue weighted by Gasteiger charge is 2.39. The van der Waals surface area contributed by atoms with Crippen molar-refractivity contribution < 1.29 is 28.3 Å². The molecule has 4 rings (SSSR count). The van der Waals surface area contributed by atoms with E-state index in [0.29, 0.717) is 51.3 Å². The third-order valence-electron chi connectivity index (χ3n) is 5.96. The van der Waals surface area contributed by atoms with E-state index in [2.05, 4.69) is 5.16 Å². The number of aryl methyl sites for hydroxylation is 1. The lowest BCUT2D eigenvalue weighted by atomic mass is 9.92. The molecule has 0 radical (unpaired) electrons. The minimum Gasteiger partial charge on any atom is -0.489 e. The summed E-state index contributed by atoms with van der Waals surface area (Å²) in [4.78, 5) is 26.9. The molecule has 1 aromatic heterocycles. The van der Waals surface area contributed by atoms with Gasteiger partial charge in [0.2, 0.25) is 0 Å². The van der Waals surface area contributed by atoms with Crippen molar-refractivity contribution >= 4 is 35.3 Å². The number of aromatic nitrogens is 1. The number of esters is 1. The monoisotopic (exact) mass is 546 g/mol. The summed E-state index contributed by atoms with van der Waals surface area (Å²) in [5, 5.41) is 5.07. The largest absolute Gasteiger partial charge is 0.489 e. The number of rotatable bonds is 5. The molecule has 3 aromatic rings. The SMILES string of the molecule is COC(=O)[C@H]1c2ccc(OCc3c(-c4c(Cl)cccc4Cl)noc3C)cc2CCN1C(=O)OC(C)(C)C. The third kappa shape index (κ3) is 5.70. The van der Waals surface area contributed by atoms with E-state index < -0.39 is 23.7 Å². The first-order valence-electron chi connectivity index (χ1n) is 11.7. The van der Waals surface area contributed by atoms with Crippen LogP contribution in [-0.4, -0.2) is 41.4 Å². The average molecular weight is 547 g/mol. The summed E-state index contributed by atoms with van der Waals surface area (Å²) in [5.74, 6) is 0.634. The molecule has 2 aromatic carbocycles. The summed E-state index contributed by atoms with van der Waals surface area (Å²) in [7, 11) is 1.30. The number of fused-ring (bicyclic) bond motifs is 1. The second kappa shape index (κ2) is 10.6. The molecule has 1 aliphatic heterocycles. The van der Waals surface area contributed by atoms with Crippen molar-refractivity contribution in [3.8, 4) is 17.0 Å². The Morgan fingerprint density at radius 3 is 2.51 bits per heavy atom. The van der Waals surface area contributed by atoms with E-state index in [9.17, 15) is 9.59 Å². The Morgan fingerprint density at radius 1 is 1.16 bits per heavy atom. The Kier molecular flexibility index (Phi) is 7.71. The van der Waals surface area contributed by atoms with Gasteiger partial charge in [-0.2, -0.15) is 0 Å². The van der Waals surface area contributed by atoms with Gasteiger partial charge in [-0.25, -0.2) is 9.59 Å². The van der Waals surface area contributed by atoms with Gasteiger partial charge < -0.3 is 18.7 Å². The average Bonchev–Trinajstić information content (AvgIpc) is 3.19. The quantitative estimate of drug-likeness (QED) is 0.335. The fourth-order valence-electron chi connectivity index (χ4n) is 4.21. The van der Waals surface area contributed by atoms with Gasteiger partial charge in [-0.1, -0.05) is 40.5 Å². The number of benzene rings is 2. The van der Waals surface area contributed by atoms with Gasteiger partial charge >= 0.3 is 12.1 Å². The lowest BCUT2D eigenvalue weighted by molar-refractivity contribution is -0.147. The van der Waals surface area contributed by atoms with Crippen LogP contribution in [0.25, 0.3) is 11.3 Å². The molecular weight excluding hydrogens is 519 g/mol. The molecule has 0 saturated carbocycles. The number of hydrogen-bond donors (Lipinski definition) is 0. The van der Waals surface area contributed by atoms with Crippen LogP contribution in [0.15, 0.2) is 40.9 Å². The molecular formula is C27H28Cl2N2O6. The molecule has 2 heterocycles. The number of carbonyl (C=O) groups excluding carboxylic acids is 2. The maximum absolute atomic E-state index is 12.8. The Bertz CT molecular complexity index is 1310. The van der Waals surface area contributed by atoms with Crippen LogP contribution in [0.3, 0.4) is 0 Å². The van der Waals surface area contributed by atoms with E-state index in [4.69, 9.17) is 41.9 Å². The number of nitrogens with zero attached hydrogens (tertiary/aromatic N) is 2. The van der Waals surface area contributed by atoms with Crippen molar-refractivity contribution in [1.82, 2.24) is 10.1 Å². The standard InChI is InChI=1S/C27H28Cl2N2O6/c1-15-19(23(30-37-15)22-20(28)7-6-8-21(22)29)14-35-17-9-10-18-16(13-17)11-12-31(24(18)25(32)34-5)26(33)36-27(2,3)4/h6-10,13,24H,11-12,14H2,1-5H3/t24-/m1/s1. The van der Waals surface area contributed by atoms with Gasteiger partial charge in [0, 0.05) is 12.1 Å². The highest BCUT2D eigenvalue weighted by molar-refractivity contribution is 6.39. The molecule has 1 atom stereocenters. The van der Waals surface area contributed by atoms with E-state index in [1.54, 1.807) is 58.0 Å². The zero-order valence-corrected chi connectivity index (χ0v) is 22.8. The predicted octanol–water partition coefficient (Wildman–Crippen LogP) is 6.54. The molecule has 0 fully saturated rings.